The van der Waals surface area contributed by atoms with Crippen LogP contribution >= 0.6 is 0 Å². The minimum atomic E-state index is -0.786. The number of aliphatic carboxylic acids is 1. The Bertz CT molecular complexity index is 276. The van der Waals surface area contributed by atoms with Gasteiger partial charge in [-0.15, -0.1) is 0 Å². The van der Waals surface area contributed by atoms with Crippen LogP contribution in [-0.2, 0) is 16.0 Å². The topological polar surface area (TPSA) is 58.6 Å². The van der Waals surface area contributed by atoms with E-state index in [-0.39, 0.29) is 6.42 Å². The predicted octanol–water partition coefficient (Wildman–Crippen LogP) is 0.877. The lowest BCUT2D eigenvalue weighted by molar-refractivity contribution is -0.136. The Labute approximate surface area is 88.9 Å². The average Bonchev–Trinajstić information content (AvgIpc) is 2.76. The number of hydrogen-bond acceptors (Lipinski definition) is 3. The number of hydrogen-bond donors (Lipinski definition) is 2. The maximum absolute atomic E-state index is 10.2. The van der Waals surface area contributed by atoms with Crippen molar-refractivity contribution in [2.75, 3.05) is 19.9 Å². The molecule has 2 N–H and O–H groups in total. The molecule has 0 unspecified atom stereocenters. The van der Waals surface area contributed by atoms with Crippen LogP contribution in [0.5, 0.6) is 0 Å². The Morgan fingerprint density at radius 3 is 2.53 bits per heavy atom. The molecule has 0 spiro atoms. The zero-order chi connectivity index (χ0) is 10.9. The van der Waals surface area contributed by atoms with Crippen molar-refractivity contribution in [1.29, 1.82) is 0 Å². The van der Waals surface area contributed by atoms with Gasteiger partial charge in [0.25, 0.3) is 0 Å². The normalized spacial score (nSPS) is 14.1. The van der Waals surface area contributed by atoms with E-state index in [0.717, 1.165) is 25.4 Å². The number of benzene rings is 1. The summed E-state index contributed by atoms with van der Waals surface area (Å²) < 4.78 is 4.83. The first-order valence-corrected chi connectivity index (χ1v) is 4.83. The van der Waals surface area contributed by atoms with Gasteiger partial charge in [-0.05, 0) is 5.56 Å². The maximum atomic E-state index is 10.2. The smallest absolute Gasteiger partial charge is 0.307 e. The highest BCUT2D eigenvalue weighted by atomic mass is 16.5. The molecule has 0 aliphatic carbocycles. The molecule has 0 bridgehead atoms. The monoisotopic (exact) mass is 209 g/mol. The van der Waals surface area contributed by atoms with Crippen LogP contribution in [0.3, 0.4) is 0 Å². The Morgan fingerprint density at radius 2 is 2.13 bits per heavy atom. The Hall–Kier alpha value is -1.39. The van der Waals surface area contributed by atoms with Gasteiger partial charge in [0.15, 0.2) is 0 Å². The van der Waals surface area contributed by atoms with E-state index in [9.17, 15) is 4.79 Å². The van der Waals surface area contributed by atoms with Crippen molar-refractivity contribution < 1.29 is 14.6 Å². The van der Waals surface area contributed by atoms with Crippen LogP contribution < -0.4 is 5.32 Å². The van der Waals surface area contributed by atoms with E-state index >= 15 is 0 Å². The number of ether oxygens (including phenoxy) is 1. The molecule has 0 aromatic heterocycles. The van der Waals surface area contributed by atoms with Gasteiger partial charge in [-0.3, -0.25) is 10.1 Å². The summed E-state index contributed by atoms with van der Waals surface area (Å²) in [6.45, 7) is 2.67. The lowest BCUT2D eigenvalue weighted by Gasteiger charge is -1.92. The molecule has 4 nitrogen and oxygen atoms in total. The van der Waals surface area contributed by atoms with Gasteiger partial charge in [0.2, 0.25) is 0 Å². The van der Waals surface area contributed by atoms with E-state index < -0.39 is 5.97 Å². The van der Waals surface area contributed by atoms with Crippen molar-refractivity contribution >= 4 is 5.97 Å². The van der Waals surface area contributed by atoms with Crippen LogP contribution in [-0.4, -0.2) is 31.0 Å². The average molecular weight is 209 g/mol. The molecule has 0 saturated carbocycles. The fourth-order valence-corrected chi connectivity index (χ4v) is 1.13. The van der Waals surface area contributed by atoms with Gasteiger partial charge in [-0.25, -0.2) is 0 Å². The maximum Gasteiger partial charge on any atom is 0.307 e. The third-order valence-corrected chi connectivity index (χ3v) is 1.83. The second-order valence-corrected chi connectivity index (χ2v) is 3.11. The molecule has 4 heteroatoms. The standard InChI is InChI=1S/C8H8O2.C3H7NO/c9-8(10)6-7-4-2-1-3-5-7;1-2-5-3-4-1/h1-5H,6H2,(H,9,10);4H,1-3H2. The minimum Gasteiger partial charge on any atom is -0.481 e. The Morgan fingerprint density at radius 1 is 1.40 bits per heavy atom. The largest absolute Gasteiger partial charge is 0.481 e. The van der Waals surface area contributed by atoms with Gasteiger partial charge in [-0.1, -0.05) is 30.3 Å². The van der Waals surface area contributed by atoms with Crippen molar-refractivity contribution in [2.45, 2.75) is 6.42 Å². The molecule has 15 heavy (non-hydrogen) atoms. The summed E-state index contributed by atoms with van der Waals surface area (Å²) in [6, 6.07) is 9.13. The zero-order valence-electron chi connectivity index (χ0n) is 8.48. The second kappa shape index (κ2) is 6.98. The molecule has 1 aromatic rings. The van der Waals surface area contributed by atoms with Crippen molar-refractivity contribution in [3.05, 3.63) is 35.9 Å². The zero-order valence-corrected chi connectivity index (χ0v) is 8.48. The molecule has 1 aliphatic rings. The molecule has 0 atom stereocenters. The molecule has 1 heterocycles. The van der Waals surface area contributed by atoms with Crippen molar-refractivity contribution in [2.24, 2.45) is 0 Å². The van der Waals surface area contributed by atoms with Gasteiger partial charge < -0.3 is 9.84 Å². The van der Waals surface area contributed by atoms with E-state index in [1.165, 1.54) is 0 Å². The first kappa shape index (κ1) is 11.7. The SMILES string of the molecule is C1COCN1.O=C(O)Cc1ccccc1. The lowest BCUT2D eigenvalue weighted by Crippen LogP contribution is -2.05. The summed E-state index contributed by atoms with van der Waals surface area (Å²) in [7, 11) is 0. The fourth-order valence-electron chi connectivity index (χ4n) is 1.13. The summed E-state index contributed by atoms with van der Waals surface area (Å²) in [5.74, 6) is -0.786. The number of carboxylic acid groups (broad SMARTS) is 1. The van der Waals surface area contributed by atoms with Gasteiger partial charge >= 0.3 is 5.97 Å². The van der Waals surface area contributed by atoms with E-state index in [1.807, 2.05) is 18.2 Å². The molecule has 82 valence electrons. The van der Waals surface area contributed by atoms with E-state index in [0.29, 0.717) is 0 Å². The van der Waals surface area contributed by atoms with Gasteiger partial charge in [0, 0.05) is 6.54 Å². The first-order valence-electron chi connectivity index (χ1n) is 4.83. The van der Waals surface area contributed by atoms with E-state index in [2.05, 4.69) is 5.32 Å². The van der Waals surface area contributed by atoms with Crippen molar-refractivity contribution in [3.8, 4) is 0 Å². The molecule has 2 rings (SSSR count). The summed E-state index contributed by atoms with van der Waals surface area (Å²) in [4.78, 5) is 10.2. The number of rotatable bonds is 2. The van der Waals surface area contributed by atoms with Gasteiger partial charge in [0.05, 0.1) is 19.8 Å². The van der Waals surface area contributed by atoms with E-state index in [4.69, 9.17) is 9.84 Å². The summed E-state index contributed by atoms with van der Waals surface area (Å²) >= 11 is 0. The highest BCUT2D eigenvalue weighted by Crippen LogP contribution is 1.98. The molecule has 0 amide bonds. The quantitative estimate of drug-likeness (QED) is 0.759. The minimum absolute atomic E-state index is 0.112. The predicted molar refractivity (Wildman–Crippen MR) is 56.6 cm³/mol. The van der Waals surface area contributed by atoms with Crippen LogP contribution in [0.2, 0.25) is 0 Å². The molecule has 1 aromatic carbocycles. The summed E-state index contributed by atoms with van der Waals surface area (Å²) in [5, 5.41) is 11.4. The van der Waals surface area contributed by atoms with Crippen LogP contribution in [0.15, 0.2) is 30.3 Å². The third kappa shape index (κ3) is 5.83. The van der Waals surface area contributed by atoms with Gasteiger partial charge in [0.1, 0.15) is 0 Å². The fraction of sp³-hybridized carbons (Fsp3) is 0.364. The lowest BCUT2D eigenvalue weighted by atomic mass is 10.2. The molecular weight excluding hydrogens is 194 g/mol. The first-order chi connectivity index (χ1) is 7.29. The molecule has 1 aliphatic heterocycles. The molecule has 1 saturated heterocycles. The molecule has 1 fully saturated rings. The van der Waals surface area contributed by atoms with E-state index in [1.54, 1.807) is 12.1 Å². The highest BCUT2D eigenvalue weighted by Gasteiger charge is 1.96. The third-order valence-electron chi connectivity index (χ3n) is 1.83. The van der Waals surface area contributed by atoms with Crippen molar-refractivity contribution in [1.82, 2.24) is 5.32 Å². The van der Waals surface area contributed by atoms with Crippen LogP contribution in [0.25, 0.3) is 0 Å². The van der Waals surface area contributed by atoms with Crippen LogP contribution in [0, 0.1) is 0 Å². The molecular formula is C11H15NO3. The molecule has 0 radical (unpaired) electrons. The number of carbonyl (C=O) groups is 1. The van der Waals surface area contributed by atoms with Crippen molar-refractivity contribution in [3.63, 3.8) is 0 Å². The number of carboxylic acids is 1. The number of nitrogens with one attached hydrogen (secondary N) is 1. The highest BCUT2D eigenvalue weighted by molar-refractivity contribution is 5.70. The summed E-state index contributed by atoms with van der Waals surface area (Å²) in [5.41, 5.74) is 0.843. The Balaban J connectivity index is 0.000000187. The van der Waals surface area contributed by atoms with Gasteiger partial charge in [-0.2, -0.15) is 0 Å². The van der Waals surface area contributed by atoms with Crippen LogP contribution in [0.1, 0.15) is 5.56 Å². The second-order valence-electron chi connectivity index (χ2n) is 3.11. The Kier molecular flexibility index (Phi) is 5.43. The van der Waals surface area contributed by atoms with Crippen LogP contribution in [0.4, 0.5) is 0 Å². The summed E-state index contributed by atoms with van der Waals surface area (Å²) in [6.07, 6.45) is 0.112.